The fourth-order valence-electron chi connectivity index (χ4n) is 2.20. The van der Waals surface area contributed by atoms with Crippen LogP contribution in [0.25, 0.3) is 0 Å². The van der Waals surface area contributed by atoms with Crippen molar-refractivity contribution in [2.75, 3.05) is 46.8 Å². The van der Waals surface area contributed by atoms with Crippen molar-refractivity contribution < 1.29 is 9.59 Å². The van der Waals surface area contributed by atoms with Gasteiger partial charge in [0, 0.05) is 31.7 Å². The molecule has 2 N–H and O–H groups in total. The molecule has 1 rings (SSSR count). The van der Waals surface area contributed by atoms with Crippen LogP contribution in [0.2, 0.25) is 0 Å². The minimum atomic E-state index is -0.622. The molecule has 0 unspecified atom stereocenters. The average Bonchev–Trinajstić information content (AvgIpc) is 2.35. The van der Waals surface area contributed by atoms with E-state index in [1.54, 1.807) is 0 Å². The highest BCUT2D eigenvalue weighted by Gasteiger charge is 2.43. The molecule has 0 bridgehead atoms. The molecule has 6 nitrogen and oxygen atoms in total. The van der Waals surface area contributed by atoms with Crippen LogP contribution in [0.4, 0.5) is 0 Å². The monoisotopic (exact) mass is 298 g/mol. The molecule has 6 heteroatoms. The molecule has 0 aromatic carbocycles. The molecule has 2 amide bonds. The van der Waals surface area contributed by atoms with Crippen LogP contribution in [0, 0.1) is 5.41 Å². The summed E-state index contributed by atoms with van der Waals surface area (Å²) in [5, 5.41) is 0. The third-order valence-electron chi connectivity index (χ3n) is 4.52. The molecule has 0 saturated carbocycles. The third-order valence-corrected chi connectivity index (χ3v) is 4.52. The van der Waals surface area contributed by atoms with Crippen LogP contribution in [0.3, 0.4) is 0 Å². The summed E-state index contributed by atoms with van der Waals surface area (Å²) in [6, 6.07) is 0. The highest BCUT2D eigenvalue weighted by atomic mass is 16.2. The van der Waals surface area contributed by atoms with E-state index in [0.717, 1.165) is 0 Å². The van der Waals surface area contributed by atoms with Crippen LogP contribution in [0.15, 0.2) is 0 Å². The molecule has 1 aliphatic heterocycles. The standard InChI is InChI=1S/C15H30N4O2/c1-14(2,15(3,4)16)13(21)19-9-7-18(8-10-19)12(20)11-17(5)6/h7-11,16H2,1-6H3. The normalized spacial score (nSPS) is 17.3. The molecule has 0 aromatic heterocycles. The van der Waals surface area contributed by atoms with E-state index >= 15 is 0 Å². The van der Waals surface area contributed by atoms with E-state index in [9.17, 15) is 9.59 Å². The maximum Gasteiger partial charge on any atom is 0.236 e. The van der Waals surface area contributed by atoms with Gasteiger partial charge in [0.1, 0.15) is 0 Å². The van der Waals surface area contributed by atoms with Crippen molar-refractivity contribution in [3.63, 3.8) is 0 Å². The quantitative estimate of drug-likeness (QED) is 0.792. The van der Waals surface area contributed by atoms with Crippen molar-refractivity contribution in [1.82, 2.24) is 14.7 Å². The number of piperazine rings is 1. The first-order chi connectivity index (χ1) is 9.46. The van der Waals surface area contributed by atoms with Crippen molar-refractivity contribution >= 4 is 11.8 Å². The predicted molar refractivity (Wildman–Crippen MR) is 83.8 cm³/mol. The molecule has 0 spiro atoms. The molecular formula is C15H30N4O2. The summed E-state index contributed by atoms with van der Waals surface area (Å²) in [7, 11) is 3.76. The highest BCUT2D eigenvalue weighted by Crippen LogP contribution is 2.30. The summed E-state index contributed by atoms with van der Waals surface area (Å²) in [5.74, 6) is 0.181. The van der Waals surface area contributed by atoms with E-state index < -0.39 is 11.0 Å². The lowest BCUT2D eigenvalue weighted by atomic mass is 9.74. The van der Waals surface area contributed by atoms with Crippen molar-refractivity contribution in [2.24, 2.45) is 11.1 Å². The molecule has 0 aliphatic carbocycles. The minimum Gasteiger partial charge on any atom is -0.339 e. The van der Waals surface area contributed by atoms with E-state index in [1.807, 2.05) is 56.5 Å². The van der Waals surface area contributed by atoms with Gasteiger partial charge in [0.05, 0.1) is 12.0 Å². The van der Waals surface area contributed by atoms with E-state index in [-0.39, 0.29) is 11.8 Å². The molecule has 1 aliphatic rings. The van der Waals surface area contributed by atoms with Crippen LogP contribution in [-0.4, -0.2) is 78.9 Å². The minimum absolute atomic E-state index is 0.0645. The van der Waals surface area contributed by atoms with Gasteiger partial charge in [-0.25, -0.2) is 0 Å². The number of carbonyl (C=O) groups is 2. The summed E-state index contributed by atoms with van der Waals surface area (Å²) in [6.45, 7) is 10.3. The van der Waals surface area contributed by atoms with Gasteiger partial charge >= 0.3 is 0 Å². The molecule has 1 fully saturated rings. The Hall–Kier alpha value is -1.14. The van der Waals surface area contributed by atoms with E-state index in [1.165, 1.54) is 0 Å². The Morgan fingerprint density at radius 1 is 1.00 bits per heavy atom. The molecule has 0 aromatic rings. The Labute approximate surface area is 128 Å². The van der Waals surface area contributed by atoms with Crippen LogP contribution < -0.4 is 5.73 Å². The van der Waals surface area contributed by atoms with E-state index in [0.29, 0.717) is 32.7 Å². The summed E-state index contributed by atoms with van der Waals surface area (Å²) >= 11 is 0. The molecular weight excluding hydrogens is 268 g/mol. The lowest BCUT2D eigenvalue weighted by Crippen LogP contribution is -2.60. The first kappa shape index (κ1) is 17.9. The second-order valence-corrected chi connectivity index (χ2v) is 7.26. The van der Waals surface area contributed by atoms with Gasteiger partial charge in [0.15, 0.2) is 0 Å². The first-order valence-corrected chi connectivity index (χ1v) is 7.47. The second kappa shape index (κ2) is 6.32. The topological polar surface area (TPSA) is 69.9 Å². The largest absolute Gasteiger partial charge is 0.339 e. The van der Waals surface area contributed by atoms with Gasteiger partial charge in [-0.15, -0.1) is 0 Å². The predicted octanol–water partition coefficient (Wildman–Crippen LogP) is -0.0177. The lowest BCUT2D eigenvalue weighted by Gasteiger charge is -2.43. The average molecular weight is 298 g/mol. The summed E-state index contributed by atoms with van der Waals surface area (Å²) in [4.78, 5) is 30.2. The van der Waals surface area contributed by atoms with Crippen LogP contribution in [-0.2, 0) is 9.59 Å². The highest BCUT2D eigenvalue weighted by molar-refractivity contribution is 5.84. The molecule has 21 heavy (non-hydrogen) atoms. The van der Waals surface area contributed by atoms with E-state index in [4.69, 9.17) is 5.73 Å². The van der Waals surface area contributed by atoms with Crippen LogP contribution in [0.5, 0.6) is 0 Å². The number of hydrogen-bond donors (Lipinski definition) is 1. The van der Waals surface area contributed by atoms with Gasteiger partial charge in [0.25, 0.3) is 0 Å². The number of rotatable bonds is 4. The summed E-state index contributed by atoms with van der Waals surface area (Å²) < 4.78 is 0. The maximum absolute atomic E-state index is 12.7. The van der Waals surface area contributed by atoms with Crippen LogP contribution >= 0.6 is 0 Å². The number of hydrogen-bond acceptors (Lipinski definition) is 4. The van der Waals surface area contributed by atoms with Gasteiger partial charge in [-0.05, 0) is 41.8 Å². The zero-order valence-electron chi connectivity index (χ0n) is 14.3. The number of carbonyl (C=O) groups excluding carboxylic acids is 2. The molecule has 122 valence electrons. The fourth-order valence-corrected chi connectivity index (χ4v) is 2.20. The Bertz CT molecular complexity index is 391. The summed E-state index contributed by atoms with van der Waals surface area (Å²) in [5.41, 5.74) is 4.93. The zero-order valence-corrected chi connectivity index (χ0v) is 14.3. The first-order valence-electron chi connectivity index (χ1n) is 7.47. The zero-order chi connectivity index (χ0) is 16.4. The Kier molecular flexibility index (Phi) is 5.39. The van der Waals surface area contributed by atoms with E-state index in [2.05, 4.69) is 0 Å². The SMILES string of the molecule is CN(C)CC(=O)N1CCN(C(=O)C(C)(C)C(C)(C)N)CC1. The van der Waals surface area contributed by atoms with Gasteiger partial charge in [-0.1, -0.05) is 0 Å². The smallest absolute Gasteiger partial charge is 0.236 e. The third kappa shape index (κ3) is 4.17. The van der Waals surface area contributed by atoms with Gasteiger partial charge in [-0.2, -0.15) is 0 Å². The van der Waals surface area contributed by atoms with Crippen LogP contribution in [0.1, 0.15) is 27.7 Å². The Morgan fingerprint density at radius 3 is 1.81 bits per heavy atom. The molecule has 0 radical (unpaired) electrons. The van der Waals surface area contributed by atoms with Crippen molar-refractivity contribution in [2.45, 2.75) is 33.2 Å². The molecule has 1 heterocycles. The fraction of sp³-hybridized carbons (Fsp3) is 0.867. The number of nitrogens with zero attached hydrogens (tertiary/aromatic N) is 3. The second-order valence-electron chi connectivity index (χ2n) is 7.26. The van der Waals surface area contributed by atoms with Gasteiger partial charge in [-0.3, -0.25) is 9.59 Å². The Morgan fingerprint density at radius 2 is 1.43 bits per heavy atom. The number of amides is 2. The number of likely N-dealkylation sites (N-methyl/N-ethyl adjacent to an activating group) is 1. The maximum atomic E-state index is 12.7. The molecule has 0 atom stereocenters. The van der Waals surface area contributed by atoms with Crippen molar-refractivity contribution in [3.05, 3.63) is 0 Å². The Balaban J connectivity index is 2.61. The number of nitrogens with two attached hydrogens (primary N) is 1. The molecule has 1 saturated heterocycles. The summed E-state index contributed by atoms with van der Waals surface area (Å²) in [6.07, 6.45) is 0. The van der Waals surface area contributed by atoms with Gasteiger partial charge < -0.3 is 20.4 Å². The lowest BCUT2D eigenvalue weighted by molar-refractivity contribution is -0.148. The van der Waals surface area contributed by atoms with Crippen molar-refractivity contribution in [3.8, 4) is 0 Å². The van der Waals surface area contributed by atoms with Gasteiger partial charge in [0.2, 0.25) is 11.8 Å². The van der Waals surface area contributed by atoms with Crippen molar-refractivity contribution in [1.29, 1.82) is 0 Å².